The van der Waals surface area contributed by atoms with Crippen LogP contribution in [0.4, 0.5) is 10.6 Å². The van der Waals surface area contributed by atoms with E-state index in [1.165, 1.54) is 10.4 Å². The second-order valence-corrected chi connectivity index (χ2v) is 7.23. The number of hydrogen-bond acceptors (Lipinski definition) is 5. The number of piperazine rings is 1. The number of amides is 2. The maximum absolute atomic E-state index is 12.6. The van der Waals surface area contributed by atoms with Gasteiger partial charge in [0.2, 0.25) is 0 Å². The largest absolute Gasteiger partial charge is 0.352 e. The first kappa shape index (κ1) is 15.4. The molecule has 24 heavy (non-hydrogen) atoms. The molecule has 7 heteroatoms. The second-order valence-electron chi connectivity index (χ2n) is 6.23. The van der Waals surface area contributed by atoms with Crippen LogP contribution in [0.5, 0.6) is 0 Å². The summed E-state index contributed by atoms with van der Waals surface area (Å²) in [6, 6.07) is 2.39. The van der Waals surface area contributed by atoms with Crippen molar-refractivity contribution >= 4 is 23.2 Å². The Morgan fingerprint density at radius 3 is 2.92 bits per heavy atom. The monoisotopic (exact) mass is 343 g/mol. The maximum atomic E-state index is 12.6. The van der Waals surface area contributed by atoms with E-state index in [0.29, 0.717) is 13.1 Å². The van der Waals surface area contributed by atoms with Crippen molar-refractivity contribution in [1.82, 2.24) is 20.2 Å². The summed E-state index contributed by atoms with van der Waals surface area (Å²) in [5.74, 6) is 0.882. The fourth-order valence-electron chi connectivity index (χ4n) is 3.47. The number of nitrogens with one attached hydrogen (secondary N) is 1. The first-order valence-corrected chi connectivity index (χ1v) is 9.32. The molecule has 0 aromatic carbocycles. The van der Waals surface area contributed by atoms with Crippen LogP contribution < -0.4 is 10.2 Å². The molecule has 1 atom stereocenters. The van der Waals surface area contributed by atoms with Gasteiger partial charge in [0.25, 0.3) is 0 Å². The van der Waals surface area contributed by atoms with E-state index in [2.05, 4.69) is 31.6 Å². The van der Waals surface area contributed by atoms with Gasteiger partial charge in [0.1, 0.15) is 5.82 Å². The van der Waals surface area contributed by atoms with Crippen LogP contribution in [0.2, 0.25) is 0 Å². The van der Waals surface area contributed by atoms with E-state index in [0.717, 1.165) is 38.2 Å². The lowest BCUT2D eigenvalue weighted by Crippen LogP contribution is -2.52. The lowest BCUT2D eigenvalue weighted by atomic mass is 9.94. The van der Waals surface area contributed by atoms with Crippen molar-refractivity contribution in [1.29, 1.82) is 0 Å². The summed E-state index contributed by atoms with van der Waals surface area (Å²) >= 11 is 1.81. The number of fused-ring (bicyclic) bond motifs is 1. The van der Waals surface area contributed by atoms with E-state index in [-0.39, 0.29) is 12.1 Å². The third kappa shape index (κ3) is 3.08. The number of rotatable bonds is 2. The molecule has 1 fully saturated rings. The molecule has 2 aromatic heterocycles. The number of hydrogen-bond donors (Lipinski definition) is 1. The Kier molecular flexibility index (Phi) is 4.34. The predicted molar refractivity (Wildman–Crippen MR) is 94.3 cm³/mol. The highest BCUT2D eigenvalue weighted by Gasteiger charge is 2.27. The quantitative estimate of drug-likeness (QED) is 0.910. The highest BCUT2D eigenvalue weighted by Crippen LogP contribution is 2.33. The number of carbonyl (C=O) groups excluding carboxylic acids is 1. The summed E-state index contributed by atoms with van der Waals surface area (Å²) in [7, 11) is 0. The molecule has 126 valence electrons. The molecule has 1 aliphatic carbocycles. The van der Waals surface area contributed by atoms with E-state index < -0.39 is 0 Å². The minimum Gasteiger partial charge on any atom is -0.352 e. The van der Waals surface area contributed by atoms with Gasteiger partial charge in [-0.3, -0.25) is 4.98 Å². The first-order valence-electron chi connectivity index (χ1n) is 8.44. The Morgan fingerprint density at radius 1 is 1.25 bits per heavy atom. The molecule has 1 saturated heterocycles. The van der Waals surface area contributed by atoms with Crippen LogP contribution in [-0.4, -0.2) is 47.1 Å². The van der Waals surface area contributed by atoms with Crippen molar-refractivity contribution in [3.63, 3.8) is 0 Å². The van der Waals surface area contributed by atoms with E-state index in [1.807, 2.05) is 4.90 Å². The number of nitrogens with zero attached hydrogens (tertiary/aromatic N) is 4. The van der Waals surface area contributed by atoms with Crippen molar-refractivity contribution in [2.24, 2.45) is 0 Å². The summed E-state index contributed by atoms with van der Waals surface area (Å²) in [5.41, 5.74) is 1.32. The molecule has 3 heterocycles. The van der Waals surface area contributed by atoms with Gasteiger partial charge in [-0.05, 0) is 36.3 Å². The van der Waals surface area contributed by atoms with Crippen molar-refractivity contribution < 1.29 is 4.79 Å². The van der Waals surface area contributed by atoms with Crippen LogP contribution >= 0.6 is 11.3 Å². The van der Waals surface area contributed by atoms with Gasteiger partial charge in [-0.25, -0.2) is 9.78 Å². The van der Waals surface area contributed by atoms with Crippen molar-refractivity contribution in [3.8, 4) is 0 Å². The molecular weight excluding hydrogens is 322 g/mol. The maximum Gasteiger partial charge on any atom is 0.318 e. The molecule has 2 aromatic rings. The second kappa shape index (κ2) is 6.76. The molecule has 1 N–H and O–H groups in total. The SMILES string of the molecule is O=C(NC1CCCc2sccc21)N1CCN(c2cnccn2)CC1. The Hall–Kier alpha value is -2.15. The van der Waals surface area contributed by atoms with Gasteiger partial charge in [0, 0.05) is 43.4 Å². The van der Waals surface area contributed by atoms with Gasteiger partial charge >= 0.3 is 6.03 Å². The summed E-state index contributed by atoms with van der Waals surface area (Å²) in [6.07, 6.45) is 8.49. The number of aryl methyl sites for hydroxylation is 1. The van der Waals surface area contributed by atoms with Gasteiger partial charge < -0.3 is 15.1 Å². The molecule has 1 aliphatic heterocycles. The first-order chi connectivity index (χ1) is 11.8. The van der Waals surface area contributed by atoms with Crippen molar-refractivity contribution in [3.05, 3.63) is 40.5 Å². The molecule has 0 saturated carbocycles. The number of carbonyl (C=O) groups is 1. The van der Waals surface area contributed by atoms with E-state index in [9.17, 15) is 4.79 Å². The van der Waals surface area contributed by atoms with Gasteiger partial charge in [0.05, 0.1) is 12.2 Å². The van der Waals surface area contributed by atoms with Crippen LogP contribution in [0.25, 0.3) is 0 Å². The Balaban J connectivity index is 1.34. The third-order valence-electron chi connectivity index (χ3n) is 4.79. The van der Waals surface area contributed by atoms with Gasteiger partial charge in [0.15, 0.2) is 0 Å². The molecule has 2 aliphatic rings. The predicted octanol–water partition coefficient (Wildman–Crippen LogP) is 2.45. The molecular formula is C17H21N5OS. The molecule has 0 radical (unpaired) electrons. The van der Waals surface area contributed by atoms with Crippen molar-refractivity contribution in [2.75, 3.05) is 31.1 Å². The fraction of sp³-hybridized carbons (Fsp3) is 0.471. The van der Waals surface area contributed by atoms with E-state index in [4.69, 9.17) is 0 Å². The molecule has 2 amide bonds. The minimum atomic E-state index is 0.0536. The van der Waals surface area contributed by atoms with Gasteiger partial charge in [-0.1, -0.05) is 0 Å². The fourth-order valence-corrected chi connectivity index (χ4v) is 4.46. The molecule has 1 unspecified atom stereocenters. The molecule has 4 rings (SSSR count). The molecule has 0 spiro atoms. The number of urea groups is 1. The van der Waals surface area contributed by atoms with Crippen LogP contribution in [-0.2, 0) is 6.42 Å². The highest BCUT2D eigenvalue weighted by molar-refractivity contribution is 7.10. The van der Waals surface area contributed by atoms with E-state index >= 15 is 0 Å². The molecule has 0 bridgehead atoms. The van der Waals surface area contributed by atoms with Gasteiger partial charge in [-0.2, -0.15) is 0 Å². The molecule has 6 nitrogen and oxygen atoms in total. The lowest BCUT2D eigenvalue weighted by molar-refractivity contribution is 0.189. The van der Waals surface area contributed by atoms with Crippen LogP contribution in [0, 0.1) is 0 Å². The Labute approximate surface area is 145 Å². The number of aromatic nitrogens is 2. The normalized spacial score (nSPS) is 20.6. The van der Waals surface area contributed by atoms with Crippen LogP contribution in [0.3, 0.4) is 0 Å². The average Bonchev–Trinajstić information content (AvgIpc) is 3.12. The smallest absolute Gasteiger partial charge is 0.318 e. The standard InChI is InChI=1S/C17H21N5OS/c23-17(20-14-2-1-3-15-13(14)4-11-24-15)22-9-7-21(8-10-22)16-12-18-5-6-19-16/h4-6,11-12,14H,1-3,7-10H2,(H,20,23). The number of thiophene rings is 1. The van der Waals surface area contributed by atoms with Crippen LogP contribution in [0.1, 0.15) is 29.3 Å². The summed E-state index contributed by atoms with van der Waals surface area (Å²) in [4.78, 5) is 26.6. The minimum absolute atomic E-state index is 0.0536. The highest BCUT2D eigenvalue weighted by atomic mass is 32.1. The summed E-state index contributed by atoms with van der Waals surface area (Å²) < 4.78 is 0. The van der Waals surface area contributed by atoms with E-state index in [1.54, 1.807) is 29.9 Å². The Morgan fingerprint density at radius 2 is 2.12 bits per heavy atom. The average molecular weight is 343 g/mol. The lowest BCUT2D eigenvalue weighted by Gasteiger charge is -2.36. The van der Waals surface area contributed by atoms with Crippen LogP contribution in [0.15, 0.2) is 30.0 Å². The summed E-state index contributed by atoms with van der Waals surface area (Å²) in [6.45, 7) is 3.01. The third-order valence-corrected chi connectivity index (χ3v) is 5.79. The summed E-state index contributed by atoms with van der Waals surface area (Å²) in [5, 5.41) is 5.37. The Bertz CT molecular complexity index is 696. The zero-order valence-corrected chi connectivity index (χ0v) is 14.3. The zero-order valence-electron chi connectivity index (χ0n) is 13.5. The topological polar surface area (TPSA) is 61.4 Å². The number of anilines is 1. The van der Waals surface area contributed by atoms with Gasteiger partial charge in [-0.15, -0.1) is 11.3 Å². The zero-order chi connectivity index (χ0) is 16.4. The van der Waals surface area contributed by atoms with Crippen molar-refractivity contribution in [2.45, 2.75) is 25.3 Å².